The zero-order valence-electron chi connectivity index (χ0n) is 22.1. The first-order chi connectivity index (χ1) is 19.4. The number of aromatic nitrogens is 2. The Morgan fingerprint density at radius 2 is 1.93 bits per heavy atom. The average molecular weight is 581 g/mol. The zero-order chi connectivity index (χ0) is 28.0. The van der Waals surface area contributed by atoms with E-state index in [1.807, 2.05) is 47.2 Å². The minimum absolute atomic E-state index is 0.271. The summed E-state index contributed by atoms with van der Waals surface area (Å²) in [4.78, 5) is 6.35. The van der Waals surface area contributed by atoms with Crippen LogP contribution in [0.4, 0.5) is 0 Å². The van der Waals surface area contributed by atoms with Crippen LogP contribution >= 0.6 is 23.2 Å². The van der Waals surface area contributed by atoms with Gasteiger partial charge < -0.3 is 23.9 Å². The van der Waals surface area contributed by atoms with Gasteiger partial charge in [0.1, 0.15) is 24.2 Å². The van der Waals surface area contributed by atoms with Crippen LogP contribution in [0.1, 0.15) is 16.7 Å². The van der Waals surface area contributed by atoms with E-state index in [4.69, 9.17) is 37.4 Å². The van der Waals surface area contributed by atoms with E-state index < -0.39 is 5.79 Å². The SMILES string of the molecule is CN(CC=Cc1ccc(O)cc1)Cc1ccc(OC[C@H]2CO[C@](Cn3ccnc3)(c3ccc(Cl)cc3Cl)O2)cc1. The standard InChI is InChI=1S/C31H31Cl2N3O4/c1-35(15-2-3-23-4-9-26(37)10-5-23)18-24-6-11-27(12-7-24)38-19-28-20-39-31(40-28,21-36-16-14-34-22-36)29-13-8-25(32)17-30(29)33/h2-14,16-17,22,28,37H,15,18-21H2,1H3/t28-,31-/m0/s1. The molecule has 4 aromatic rings. The summed E-state index contributed by atoms with van der Waals surface area (Å²) >= 11 is 12.7. The Morgan fingerprint density at radius 3 is 2.65 bits per heavy atom. The minimum atomic E-state index is -1.08. The number of hydrogen-bond donors (Lipinski definition) is 1. The van der Waals surface area contributed by atoms with Crippen LogP contribution in [-0.2, 0) is 28.4 Å². The number of phenolic OH excluding ortho intramolecular Hbond substituents is 1. The number of imidazole rings is 1. The molecule has 208 valence electrons. The molecule has 1 aliphatic heterocycles. The van der Waals surface area contributed by atoms with Crippen LogP contribution in [-0.4, -0.2) is 52.5 Å². The van der Waals surface area contributed by atoms with Crippen molar-refractivity contribution in [1.82, 2.24) is 14.5 Å². The maximum atomic E-state index is 9.40. The molecule has 2 atom stereocenters. The molecule has 0 radical (unpaired) electrons. The Hall–Kier alpha value is -3.33. The molecule has 1 saturated heterocycles. The van der Waals surface area contributed by atoms with Crippen molar-refractivity contribution in [3.8, 4) is 11.5 Å². The van der Waals surface area contributed by atoms with E-state index in [9.17, 15) is 5.11 Å². The van der Waals surface area contributed by atoms with Gasteiger partial charge in [0, 0.05) is 36.1 Å². The lowest BCUT2D eigenvalue weighted by molar-refractivity contribution is -0.189. The number of aromatic hydroxyl groups is 1. The minimum Gasteiger partial charge on any atom is -0.508 e. The summed E-state index contributed by atoms with van der Waals surface area (Å²) < 4.78 is 20.7. The molecule has 1 N–H and O–H groups in total. The van der Waals surface area contributed by atoms with Crippen LogP contribution in [0.25, 0.3) is 6.08 Å². The molecule has 0 spiro atoms. The lowest BCUT2D eigenvalue weighted by atomic mass is 10.1. The molecule has 9 heteroatoms. The number of benzene rings is 3. The van der Waals surface area contributed by atoms with Gasteiger partial charge in [-0.15, -0.1) is 0 Å². The second-order valence-corrected chi connectivity index (χ2v) is 10.7. The largest absolute Gasteiger partial charge is 0.508 e. The first kappa shape index (κ1) is 28.2. The Balaban J connectivity index is 1.15. The molecule has 5 rings (SSSR count). The molecule has 0 unspecified atom stereocenters. The summed E-state index contributed by atoms with van der Waals surface area (Å²) in [5.41, 5.74) is 2.95. The van der Waals surface area contributed by atoms with Gasteiger partial charge in [-0.3, -0.25) is 4.90 Å². The van der Waals surface area contributed by atoms with Crippen molar-refractivity contribution in [1.29, 1.82) is 0 Å². The quantitative estimate of drug-likeness (QED) is 0.222. The van der Waals surface area contributed by atoms with Crippen LogP contribution in [0.3, 0.4) is 0 Å². The van der Waals surface area contributed by atoms with Crippen molar-refractivity contribution in [3.05, 3.63) is 118 Å². The number of likely N-dealkylation sites (N-methyl/N-ethyl adjacent to an activating group) is 1. The fraction of sp³-hybridized carbons (Fsp3) is 0.258. The highest BCUT2D eigenvalue weighted by atomic mass is 35.5. The first-order valence-electron chi connectivity index (χ1n) is 13.0. The van der Waals surface area contributed by atoms with Gasteiger partial charge in [-0.05, 0) is 54.6 Å². The number of nitrogens with zero attached hydrogens (tertiary/aromatic N) is 3. The predicted molar refractivity (Wildman–Crippen MR) is 157 cm³/mol. The maximum absolute atomic E-state index is 9.40. The van der Waals surface area contributed by atoms with Gasteiger partial charge in [0.2, 0.25) is 5.79 Å². The molecular weight excluding hydrogens is 549 g/mol. The number of ether oxygens (including phenoxy) is 3. The van der Waals surface area contributed by atoms with Crippen molar-refractivity contribution >= 4 is 29.3 Å². The van der Waals surface area contributed by atoms with Gasteiger partial charge in [0.15, 0.2) is 0 Å². The molecule has 0 bridgehead atoms. The molecule has 1 aromatic heterocycles. The fourth-order valence-corrected chi connectivity index (χ4v) is 5.14. The molecule has 1 fully saturated rings. The molecule has 2 heterocycles. The van der Waals surface area contributed by atoms with Crippen LogP contribution in [0, 0.1) is 0 Å². The van der Waals surface area contributed by atoms with Gasteiger partial charge in [-0.2, -0.15) is 0 Å². The highest BCUT2D eigenvalue weighted by Crippen LogP contribution is 2.40. The third-order valence-electron chi connectivity index (χ3n) is 6.58. The normalized spacial score (nSPS) is 19.1. The van der Waals surface area contributed by atoms with Crippen LogP contribution in [0.2, 0.25) is 10.0 Å². The first-order valence-corrected chi connectivity index (χ1v) is 13.7. The number of rotatable bonds is 11. The second kappa shape index (κ2) is 12.9. The van der Waals surface area contributed by atoms with Gasteiger partial charge in [0.25, 0.3) is 0 Å². The summed E-state index contributed by atoms with van der Waals surface area (Å²) in [6, 6.07) is 20.5. The number of phenols is 1. The smallest absolute Gasteiger partial charge is 0.215 e. The number of hydrogen-bond acceptors (Lipinski definition) is 6. The maximum Gasteiger partial charge on any atom is 0.215 e. The van der Waals surface area contributed by atoms with Crippen molar-refractivity contribution in [2.45, 2.75) is 25.0 Å². The van der Waals surface area contributed by atoms with Crippen molar-refractivity contribution < 1.29 is 19.3 Å². The molecule has 0 amide bonds. The summed E-state index contributed by atoms with van der Waals surface area (Å²) in [6.45, 7) is 2.68. The van der Waals surface area contributed by atoms with Crippen LogP contribution in [0.5, 0.6) is 11.5 Å². The lowest BCUT2D eigenvalue weighted by Crippen LogP contribution is -2.34. The molecule has 1 aliphatic rings. The van der Waals surface area contributed by atoms with E-state index >= 15 is 0 Å². The van der Waals surface area contributed by atoms with Gasteiger partial charge in [0.05, 0.1) is 24.5 Å². The van der Waals surface area contributed by atoms with Crippen molar-refractivity contribution in [2.24, 2.45) is 0 Å². The summed E-state index contributed by atoms with van der Waals surface area (Å²) in [7, 11) is 2.08. The zero-order valence-corrected chi connectivity index (χ0v) is 23.6. The molecule has 0 saturated carbocycles. The van der Waals surface area contributed by atoms with Crippen molar-refractivity contribution in [2.75, 3.05) is 26.8 Å². The van der Waals surface area contributed by atoms with Crippen LogP contribution in [0.15, 0.2) is 91.5 Å². The third kappa shape index (κ3) is 7.24. The Labute approximate surface area is 244 Å². The molecule has 0 aliphatic carbocycles. The van der Waals surface area contributed by atoms with Crippen molar-refractivity contribution in [3.63, 3.8) is 0 Å². The van der Waals surface area contributed by atoms with E-state index in [0.717, 1.165) is 24.4 Å². The van der Waals surface area contributed by atoms with Crippen LogP contribution < -0.4 is 4.74 Å². The summed E-state index contributed by atoms with van der Waals surface area (Å²) in [5, 5.41) is 10.4. The Kier molecular flexibility index (Phi) is 9.09. The summed E-state index contributed by atoms with van der Waals surface area (Å²) in [6.07, 6.45) is 9.15. The summed E-state index contributed by atoms with van der Waals surface area (Å²) in [5.74, 6) is -0.0482. The molecule has 3 aromatic carbocycles. The third-order valence-corrected chi connectivity index (χ3v) is 7.13. The molecular formula is C31H31Cl2N3O4. The topological polar surface area (TPSA) is 69.0 Å². The average Bonchev–Trinajstić information content (AvgIpc) is 3.60. The van der Waals surface area contributed by atoms with E-state index in [1.54, 1.807) is 36.8 Å². The fourth-order valence-electron chi connectivity index (χ4n) is 4.59. The van der Waals surface area contributed by atoms with Gasteiger partial charge >= 0.3 is 0 Å². The highest BCUT2D eigenvalue weighted by Gasteiger charge is 2.45. The molecule has 7 nitrogen and oxygen atoms in total. The Morgan fingerprint density at radius 1 is 1.12 bits per heavy atom. The predicted octanol–water partition coefficient (Wildman–Crippen LogP) is 6.39. The van der Waals surface area contributed by atoms with E-state index in [-0.39, 0.29) is 11.9 Å². The van der Waals surface area contributed by atoms with E-state index in [0.29, 0.717) is 35.4 Å². The number of halogens is 2. The lowest BCUT2D eigenvalue weighted by Gasteiger charge is -2.30. The highest BCUT2D eigenvalue weighted by molar-refractivity contribution is 6.35. The monoisotopic (exact) mass is 579 g/mol. The second-order valence-electron chi connectivity index (χ2n) is 9.81. The van der Waals surface area contributed by atoms with Gasteiger partial charge in [-0.25, -0.2) is 4.98 Å². The van der Waals surface area contributed by atoms with Gasteiger partial charge in [-0.1, -0.05) is 65.7 Å². The van der Waals surface area contributed by atoms with E-state index in [1.165, 1.54) is 5.56 Å². The Bertz CT molecular complexity index is 1410. The van der Waals surface area contributed by atoms with E-state index in [2.05, 4.69) is 35.1 Å². The molecule has 40 heavy (non-hydrogen) atoms.